The third-order valence-corrected chi connectivity index (χ3v) is 1.77. The van der Waals surface area contributed by atoms with E-state index >= 15 is 0 Å². The number of halogens is 3. The highest BCUT2D eigenvalue weighted by molar-refractivity contribution is 5.95. The minimum absolute atomic E-state index is 0.0142. The number of amides is 1. The second-order valence-electron chi connectivity index (χ2n) is 3.07. The first-order chi connectivity index (χ1) is 7.93. The standard InChI is InChI=1S/C11H8F3NO2/c12-11(13,14)10(17)15-9-5-1-3-8(7-9)4-2-6-16/h1-7H,(H,15,17)/b4-2+. The molecule has 0 saturated heterocycles. The summed E-state index contributed by atoms with van der Waals surface area (Å²) in [5.74, 6) is -2.03. The quantitative estimate of drug-likeness (QED) is 0.654. The van der Waals surface area contributed by atoms with Crippen LogP contribution in [0, 0.1) is 0 Å². The van der Waals surface area contributed by atoms with Crippen LogP contribution in [0.5, 0.6) is 0 Å². The highest BCUT2D eigenvalue weighted by Crippen LogP contribution is 2.19. The van der Waals surface area contributed by atoms with Crippen molar-refractivity contribution in [2.45, 2.75) is 6.18 Å². The number of nitrogens with one attached hydrogen (secondary N) is 1. The predicted molar refractivity (Wildman–Crippen MR) is 56.2 cm³/mol. The largest absolute Gasteiger partial charge is 0.471 e. The zero-order valence-electron chi connectivity index (χ0n) is 8.49. The van der Waals surface area contributed by atoms with Gasteiger partial charge in [0.05, 0.1) is 0 Å². The third-order valence-electron chi connectivity index (χ3n) is 1.77. The van der Waals surface area contributed by atoms with Gasteiger partial charge in [0.15, 0.2) is 0 Å². The molecule has 1 amide bonds. The molecular formula is C11H8F3NO2. The topological polar surface area (TPSA) is 46.2 Å². The van der Waals surface area contributed by atoms with Crippen molar-refractivity contribution in [3.8, 4) is 0 Å². The van der Waals surface area contributed by atoms with Gasteiger partial charge in [0.25, 0.3) is 0 Å². The van der Waals surface area contributed by atoms with E-state index in [1.54, 1.807) is 11.4 Å². The third kappa shape index (κ3) is 4.10. The minimum atomic E-state index is -4.92. The van der Waals surface area contributed by atoms with E-state index in [4.69, 9.17) is 0 Å². The first-order valence-corrected chi connectivity index (χ1v) is 4.53. The SMILES string of the molecule is O=C/C=C/c1cccc(NC(=O)C(F)(F)F)c1. The molecule has 0 aliphatic rings. The van der Waals surface area contributed by atoms with Gasteiger partial charge in [0, 0.05) is 5.69 Å². The Kier molecular flexibility index (Phi) is 4.03. The summed E-state index contributed by atoms with van der Waals surface area (Å²) < 4.78 is 35.9. The van der Waals surface area contributed by atoms with Gasteiger partial charge in [-0.1, -0.05) is 18.2 Å². The zero-order chi connectivity index (χ0) is 12.9. The molecular weight excluding hydrogens is 235 g/mol. The number of carbonyl (C=O) groups is 2. The molecule has 1 rings (SSSR count). The highest BCUT2D eigenvalue weighted by Gasteiger charge is 2.38. The number of hydrogen-bond donors (Lipinski definition) is 1. The number of rotatable bonds is 3. The summed E-state index contributed by atoms with van der Waals surface area (Å²) in [6, 6.07) is 5.70. The summed E-state index contributed by atoms with van der Waals surface area (Å²) >= 11 is 0. The van der Waals surface area contributed by atoms with Gasteiger partial charge >= 0.3 is 12.1 Å². The monoisotopic (exact) mass is 243 g/mol. The van der Waals surface area contributed by atoms with Crippen molar-refractivity contribution in [1.29, 1.82) is 0 Å². The van der Waals surface area contributed by atoms with E-state index in [1.165, 1.54) is 30.4 Å². The molecule has 0 aliphatic carbocycles. The van der Waals surface area contributed by atoms with Crippen LogP contribution in [0.4, 0.5) is 18.9 Å². The summed E-state index contributed by atoms with van der Waals surface area (Å²) in [5.41, 5.74) is 0.525. The van der Waals surface area contributed by atoms with Crippen molar-refractivity contribution >= 4 is 24.0 Å². The number of aldehydes is 1. The first-order valence-electron chi connectivity index (χ1n) is 4.53. The lowest BCUT2D eigenvalue weighted by atomic mass is 10.2. The molecule has 1 N–H and O–H groups in total. The second kappa shape index (κ2) is 5.29. The van der Waals surface area contributed by atoms with Crippen LogP contribution in [0.3, 0.4) is 0 Å². The molecule has 0 fully saturated rings. The van der Waals surface area contributed by atoms with E-state index in [0.717, 1.165) is 0 Å². The Morgan fingerprint density at radius 2 is 2.00 bits per heavy atom. The molecule has 0 aliphatic heterocycles. The van der Waals surface area contributed by atoms with Crippen LogP contribution < -0.4 is 5.32 Å². The van der Waals surface area contributed by atoms with Crippen LogP contribution in [-0.2, 0) is 9.59 Å². The molecule has 0 bridgehead atoms. The molecule has 0 radical (unpaired) electrons. The summed E-state index contributed by atoms with van der Waals surface area (Å²) in [5, 5.41) is 1.71. The van der Waals surface area contributed by atoms with Crippen LogP contribution in [0.25, 0.3) is 6.08 Å². The van der Waals surface area contributed by atoms with Gasteiger partial charge in [0.2, 0.25) is 0 Å². The number of alkyl halides is 3. The predicted octanol–water partition coefficient (Wildman–Crippen LogP) is 2.40. The lowest BCUT2D eigenvalue weighted by Gasteiger charge is -2.08. The van der Waals surface area contributed by atoms with Crippen LogP contribution in [0.1, 0.15) is 5.56 Å². The van der Waals surface area contributed by atoms with Crippen molar-refractivity contribution in [3.05, 3.63) is 35.9 Å². The van der Waals surface area contributed by atoms with Crippen LogP contribution >= 0.6 is 0 Å². The lowest BCUT2D eigenvalue weighted by molar-refractivity contribution is -0.167. The maximum absolute atomic E-state index is 12.0. The lowest BCUT2D eigenvalue weighted by Crippen LogP contribution is -2.29. The van der Waals surface area contributed by atoms with Crippen LogP contribution in [-0.4, -0.2) is 18.4 Å². The number of benzene rings is 1. The van der Waals surface area contributed by atoms with Gasteiger partial charge in [-0.25, -0.2) is 0 Å². The van der Waals surface area contributed by atoms with Gasteiger partial charge in [0.1, 0.15) is 6.29 Å². The van der Waals surface area contributed by atoms with Crippen molar-refractivity contribution in [2.24, 2.45) is 0 Å². The summed E-state index contributed by atoms with van der Waals surface area (Å²) in [7, 11) is 0. The fourth-order valence-corrected chi connectivity index (χ4v) is 1.07. The van der Waals surface area contributed by atoms with Crippen molar-refractivity contribution < 1.29 is 22.8 Å². The molecule has 0 unspecified atom stereocenters. The van der Waals surface area contributed by atoms with E-state index < -0.39 is 12.1 Å². The molecule has 1 aromatic rings. The van der Waals surface area contributed by atoms with Gasteiger partial charge in [-0.3, -0.25) is 9.59 Å². The second-order valence-corrected chi connectivity index (χ2v) is 3.07. The van der Waals surface area contributed by atoms with Crippen molar-refractivity contribution in [3.63, 3.8) is 0 Å². The van der Waals surface area contributed by atoms with Crippen molar-refractivity contribution in [2.75, 3.05) is 5.32 Å². The van der Waals surface area contributed by atoms with Crippen LogP contribution in [0.2, 0.25) is 0 Å². The van der Waals surface area contributed by atoms with E-state index in [0.29, 0.717) is 11.8 Å². The molecule has 0 spiro atoms. The molecule has 0 heterocycles. The molecule has 17 heavy (non-hydrogen) atoms. The molecule has 0 atom stereocenters. The van der Waals surface area contributed by atoms with Crippen LogP contribution in [0.15, 0.2) is 30.3 Å². The molecule has 3 nitrogen and oxygen atoms in total. The maximum Gasteiger partial charge on any atom is 0.471 e. The molecule has 1 aromatic carbocycles. The van der Waals surface area contributed by atoms with Gasteiger partial charge in [-0.2, -0.15) is 13.2 Å². The van der Waals surface area contributed by atoms with Crippen molar-refractivity contribution in [1.82, 2.24) is 0 Å². The fraction of sp³-hybridized carbons (Fsp3) is 0.0909. The Morgan fingerprint density at radius 3 is 2.59 bits per heavy atom. The summed E-state index contributed by atoms with van der Waals surface area (Å²) in [4.78, 5) is 20.7. The Labute approximate surface area is 94.9 Å². The molecule has 90 valence electrons. The average Bonchev–Trinajstić information content (AvgIpc) is 2.25. The highest BCUT2D eigenvalue weighted by atomic mass is 19.4. The minimum Gasteiger partial charge on any atom is -0.318 e. The Balaban J connectivity index is 2.82. The van der Waals surface area contributed by atoms with Gasteiger partial charge in [-0.15, -0.1) is 0 Å². The Bertz CT molecular complexity index is 452. The molecule has 0 aromatic heterocycles. The van der Waals surface area contributed by atoms with E-state index in [-0.39, 0.29) is 5.69 Å². The van der Waals surface area contributed by atoms with E-state index in [9.17, 15) is 22.8 Å². The van der Waals surface area contributed by atoms with E-state index in [2.05, 4.69) is 0 Å². The number of carbonyl (C=O) groups excluding carboxylic acids is 2. The van der Waals surface area contributed by atoms with E-state index in [1.807, 2.05) is 0 Å². The fourth-order valence-electron chi connectivity index (χ4n) is 1.07. The normalized spacial score (nSPS) is 11.5. The molecule has 0 saturated carbocycles. The summed E-state index contributed by atoms with van der Waals surface area (Å²) in [6.07, 6.45) is -1.77. The zero-order valence-corrected chi connectivity index (χ0v) is 8.49. The first kappa shape index (κ1) is 13.0. The number of hydrogen-bond acceptors (Lipinski definition) is 2. The Morgan fingerprint density at radius 1 is 1.29 bits per heavy atom. The van der Waals surface area contributed by atoms with Gasteiger partial charge in [-0.05, 0) is 23.8 Å². The number of anilines is 1. The maximum atomic E-state index is 12.0. The number of allylic oxidation sites excluding steroid dienone is 1. The molecule has 6 heteroatoms. The average molecular weight is 243 g/mol. The smallest absolute Gasteiger partial charge is 0.318 e. The van der Waals surface area contributed by atoms with Gasteiger partial charge < -0.3 is 5.32 Å². The Hall–Kier alpha value is -2.11. The summed E-state index contributed by atoms with van der Waals surface area (Å²) in [6.45, 7) is 0.